The van der Waals surface area contributed by atoms with Gasteiger partial charge in [-0.2, -0.15) is 0 Å². The molecule has 6 heteroatoms. The Kier molecular flexibility index (Phi) is 4.81. The van der Waals surface area contributed by atoms with Crippen LogP contribution in [0, 0.1) is 0 Å². The molecule has 0 unspecified atom stereocenters. The lowest BCUT2D eigenvalue weighted by molar-refractivity contribution is 0.0778. The summed E-state index contributed by atoms with van der Waals surface area (Å²) in [5.74, 6) is 0. The molecule has 1 amide bonds. The monoisotopic (exact) mass is 366 g/mol. The zero-order chi connectivity index (χ0) is 18.8. The molecule has 4 rings (SSSR count). The summed E-state index contributed by atoms with van der Waals surface area (Å²) in [5, 5.41) is 1.21. The predicted molar refractivity (Wildman–Crippen MR) is 104 cm³/mol. The van der Waals surface area contributed by atoms with Crippen molar-refractivity contribution in [1.29, 1.82) is 0 Å². The summed E-state index contributed by atoms with van der Waals surface area (Å²) in [6, 6.07) is 13.0. The summed E-state index contributed by atoms with van der Waals surface area (Å²) >= 11 is 0. The Bertz CT molecular complexity index is 1040. The molecule has 1 fully saturated rings. The molecular weight excluding hydrogens is 344 g/mol. The summed E-state index contributed by atoms with van der Waals surface area (Å²) in [6.45, 7) is 5.66. The Labute approximate surface area is 156 Å². The topological polar surface area (TPSA) is 63.0 Å². The molecule has 3 aromatic rings. The van der Waals surface area contributed by atoms with Crippen molar-refractivity contribution in [3.05, 3.63) is 58.3 Å². The molecule has 27 heavy (non-hydrogen) atoms. The first-order chi connectivity index (χ1) is 13.2. The van der Waals surface area contributed by atoms with E-state index >= 15 is 0 Å². The third-order valence-corrected chi connectivity index (χ3v) is 4.98. The molecule has 1 aliphatic rings. The van der Waals surface area contributed by atoms with Crippen LogP contribution in [0.3, 0.4) is 0 Å². The smallest absolute Gasteiger partial charge is 0.409 e. The van der Waals surface area contributed by atoms with Crippen molar-refractivity contribution in [2.24, 2.45) is 0 Å². The lowest BCUT2D eigenvalue weighted by Crippen LogP contribution is -2.48. The maximum atomic E-state index is 12.8. The average Bonchev–Trinajstić information content (AvgIpc) is 2.70. The van der Waals surface area contributed by atoms with Crippen LogP contribution >= 0.6 is 0 Å². The highest BCUT2D eigenvalue weighted by Crippen LogP contribution is 2.23. The number of carbonyl (C=O) groups is 1. The minimum atomic E-state index is -0.250. The molecule has 1 aromatic heterocycles. The van der Waals surface area contributed by atoms with Gasteiger partial charge in [-0.25, -0.2) is 4.79 Å². The number of amides is 1. The van der Waals surface area contributed by atoms with Crippen LogP contribution in [0.5, 0.6) is 0 Å². The Hall–Kier alpha value is -2.86. The van der Waals surface area contributed by atoms with Crippen molar-refractivity contribution in [1.82, 2.24) is 9.80 Å². The quantitative estimate of drug-likeness (QED) is 0.666. The van der Waals surface area contributed by atoms with E-state index in [1.807, 2.05) is 43.3 Å². The molecule has 0 atom stereocenters. The van der Waals surface area contributed by atoms with E-state index in [0.29, 0.717) is 48.2 Å². The summed E-state index contributed by atoms with van der Waals surface area (Å²) in [4.78, 5) is 28.6. The predicted octanol–water partition coefficient (Wildman–Crippen LogP) is 3.22. The number of carbonyl (C=O) groups excluding carboxylic acids is 1. The summed E-state index contributed by atoms with van der Waals surface area (Å²) in [7, 11) is 0. The van der Waals surface area contributed by atoms with Crippen molar-refractivity contribution < 1.29 is 13.9 Å². The van der Waals surface area contributed by atoms with Gasteiger partial charge in [-0.1, -0.05) is 24.3 Å². The Balaban J connectivity index is 1.58. The van der Waals surface area contributed by atoms with Crippen molar-refractivity contribution in [2.45, 2.75) is 13.5 Å². The van der Waals surface area contributed by atoms with Crippen LogP contribution < -0.4 is 5.43 Å². The average molecular weight is 366 g/mol. The molecule has 2 heterocycles. The number of benzene rings is 2. The summed E-state index contributed by atoms with van der Waals surface area (Å²) < 4.78 is 11.1. The molecule has 2 aromatic carbocycles. The van der Waals surface area contributed by atoms with Gasteiger partial charge in [-0.15, -0.1) is 0 Å². The molecule has 0 N–H and O–H groups in total. The van der Waals surface area contributed by atoms with Crippen LogP contribution in [0.4, 0.5) is 4.79 Å². The van der Waals surface area contributed by atoms with E-state index in [1.54, 1.807) is 11.0 Å². The zero-order valence-electron chi connectivity index (χ0n) is 15.3. The van der Waals surface area contributed by atoms with Crippen LogP contribution in [0.2, 0.25) is 0 Å². The van der Waals surface area contributed by atoms with Gasteiger partial charge in [0.25, 0.3) is 0 Å². The minimum Gasteiger partial charge on any atom is -0.455 e. The van der Waals surface area contributed by atoms with E-state index in [0.717, 1.165) is 18.7 Å². The standard InChI is InChI=1S/C21H22N2O4/c1-2-26-21(25)23-12-10-22(11-13-23)14-15-6-5-8-17-19(24)16-7-3-4-9-18(16)27-20(15)17/h3-9H,2,10-14H2,1H3. The van der Waals surface area contributed by atoms with E-state index in [-0.39, 0.29) is 11.5 Å². The largest absolute Gasteiger partial charge is 0.455 e. The molecule has 0 bridgehead atoms. The van der Waals surface area contributed by atoms with Crippen LogP contribution in [-0.4, -0.2) is 48.7 Å². The van der Waals surface area contributed by atoms with Crippen LogP contribution in [0.25, 0.3) is 21.9 Å². The van der Waals surface area contributed by atoms with E-state index < -0.39 is 0 Å². The fraction of sp³-hybridized carbons (Fsp3) is 0.333. The molecule has 1 aliphatic heterocycles. The molecule has 6 nitrogen and oxygen atoms in total. The van der Waals surface area contributed by atoms with Crippen molar-refractivity contribution in [3.63, 3.8) is 0 Å². The number of hydrogen-bond donors (Lipinski definition) is 0. The fourth-order valence-corrected chi connectivity index (χ4v) is 3.55. The highest BCUT2D eigenvalue weighted by atomic mass is 16.6. The first-order valence-corrected chi connectivity index (χ1v) is 9.25. The number of nitrogens with zero attached hydrogens (tertiary/aromatic N) is 2. The minimum absolute atomic E-state index is 0.000769. The molecule has 1 saturated heterocycles. The summed E-state index contributed by atoms with van der Waals surface area (Å²) in [6.07, 6.45) is -0.250. The van der Waals surface area contributed by atoms with E-state index in [1.165, 1.54) is 0 Å². The third kappa shape index (κ3) is 3.40. The van der Waals surface area contributed by atoms with Gasteiger partial charge in [0.05, 0.1) is 17.4 Å². The fourth-order valence-electron chi connectivity index (χ4n) is 3.55. The summed E-state index contributed by atoms with van der Waals surface area (Å²) in [5.41, 5.74) is 2.24. The van der Waals surface area contributed by atoms with Crippen molar-refractivity contribution in [2.75, 3.05) is 32.8 Å². The van der Waals surface area contributed by atoms with E-state index in [2.05, 4.69) is 4.90 Å². The normalized spacial score (nSPS) is 15.4. The number of rotatable bonds is 3. The molecule has 0 radical (unpaired) electrons. The number of ether oxygens (including phenoxy) is 1. The van der Waals surface area contributed by atoms with E-state index in [4.69, 9.17) is 9.15 Å². The van der Waals surface area contributed by atoms with Gasteiger partial charge >= 0.3 is 6.09 Å². The van der Waals surface area contributed by atoms with Crippen molar-refractivity contribution >= 4 is 28.0 Å². The number of piperazine rings is 1. The Morgan fingerprint density at radius 1 is 1.04 bits per heavy atom. The lowest BCUT2D eigenvalue weighted by Gasteiger charge is -2.34. The molecule has 0 aliphatic carbocycles. The number of fused-ring (bicyclic) bond motifs is 2. The maximum absolute atomic E-state index is 12.8. The van der Waals surface area contributed by atoms with Gasteiger partial charge < -0.3 is 14.1 Å². The van der Waals surface area contributed by atoms with Crippen LogP contribution in [-0.2, 0) is 11.3 Å². The molecule has 140 valence electrons. The zero-order valence-corrected chi connectivity index (χ0v) is 15.3. The lowest BCUT2D eigenvalue weighted by atomic mass is 10.1. The van der Waals surface area contributed by atoms with Gasteiger partial charge in [0.15, 0.2) is 0 Å². The second-order valence-electron chi connectivity index (χ2n) is 6.68. The van der Waals surface area contributed by atoms with Gasteiger partial charge in [0.2, 0.25) is 5.43 Å². The first-order valence-electron chi connectivity index (χ1n) is 9.25. The van der Waals surface area contributed by atoms with Crippen LogP contribution in [0.15, 0.2) is 51.7 Å². The molecule has 0 saturated carbocycles. The number of hydrogen-bond acceptors (Lipinski definition) is 5. The number of para-hydroxylation sites is 2. The first kappa shape index (κ1) is 17.5. The van der Waals surface area contributed by atoms with Crippen LogP contribution in [0.1, 0.15) is 12.5 Å². The third-order valence-electron chi connectivity index (χ3n) is 4.98. The van der Waals surface area contributed by atoms with Gasteiger partial charge in [0, 0.05) is 38.3 Å². The maximum Gasteiger partial charge on any atom is 0.409 e. The van der Waals surface area contributed by atoms with Gasteiger partial charge in [0.1, 0.15) is 11.2 Å². The Morgan fingerprint density at radius 2 is 1.78 bits per heavy atom. The Morgan fingerprint density at radius 3 is 2.56 bits per heavy atom. The van der Waals surface area contributed by atoms with Gasteiger partial charge in [-0.3, -0.25) is 9.69 Å². The molecular formula is C21H22N2O4. The van der Waals surface area contributed by atoms with E-state index in [9.17, 15) is 9.59 Å². The highest BCUT2D eigenvalue weighted by molar-refractivity contribution is 5.90. The molecule has 0 spiro atoms. The second kappa shape index (κ2) is 7.40. The van der Waals surface area contributed by atoms with Gasteiger partial charge in [-0.05, 0) is 25.1 Å². The van der Waals surface area contributed by atoms with Crippen molar-refractivity contribution in [3.8, 4) is 0 Å². The SMILES string of the molecule is CCOC(=O)N1CCN(Cc2cccc3c(=O)c4ccccc4oc23)CC1. The highest BCUT2D eigenvalue weighted by Gasteiger charge is 2.22. The second-order valence-corrected chi connectivity index (χ2v) is 6.68.